The van der Waals surface area contributed by atoms with Crippen molar-refractivity contribution in [1.82, 2.24) is 9.88 Å². The molecule has 0 bridgehead atoms. The number of likely N-dealkylation sites (N-methyl/N-ethyl adjacent to an activating group) is 1. The SMILES string of the molecule is COc1cccc2sc(N(CCN(C)C)C(=O)c3cc(C)ccc3C)nc12. The summed E-state index contributed by atoms with van der Waals surface area (Å²) in [5.74, 6) is 0.706. The van der Waals surface area contributed by atoms with Crippen molar-refractivity contribution in [3.05, 3.63) is 53.1 Å². The van der Waals surface area contributed by atoms with Gasteiger partial charge in [-0.1, -0.05) is 35.1 Å². The molecule has 6 heteroatoms. The molecule has 0 spiro atoms. The molecule has 0 saturated heterocycles. The number of ether oxygens (including phenoxy) is 1. The molecule has 0 aliphatic carbocycles. The molecule has 1 aromatic heterocycles. The molecule has 0 fully saturated rings. The van der Waals surface area contributed by atoms with E-state index in [1.165, 1.54) is 11.3 Å². The Morgan fingerprint density at radius 2 is 1.93 bits per heavy atom. The van der Waals surface area contributed by atoms with Crippen LogP contribution in [0, 0.1) is 13.8 Å². The molecule has 0 N–H and O–H groups in total. The van der Waals surface area contributed by atoms with Crippen molar-refractivity contribution in [3.63, 3.8) is 0 Å². The van der Waals surface area contributed by atoms with Gasteiger partial charge in [0.25, 0.3) is 5.91 Å². The van der Waals surface area contributed by atoms with Gasteiger partial charge in [0.15, 0.2) is 5.13 Å². The molecule has 5 nitrogen and oxygen atoms in total. The number of fused-ring (bicyclic) bond motifs is 1. The first-order valence-corrected chi connectivity index (χ1v) is 9.69. The highest BCUT2D eigenvalue weighted by atomic mass is 32.1. The number of anilines is 1. The number of aromatic nitrogens is 1. The van der Waals surface area contributed by atoms with Crippen LogP contribution in [0.1, 0.15) is 21.5 Å². The Labute approximate surface area is 164 Å². The van der Waals surface area contributed by atoms with Crippen LogP contribution in [-0.4, -0.2) is 50.1 Å². The zero-order chi connectivity index (χ0) is 19.6. The second-order valence-corrected chi connectivity index (χ2v) is 7.89. The number of nitrogens with zero attached hydrogens (tertiary/aromatic N) is 3. The van der Waals surface area contributed by atoms with Crippen LogP contribution in [0.4, 0.5) is 5.13 Å². The van der Waals surface area contributed by atoms with Crippen molar-refractivity contribution < 1.29 is 9.53 Å². The third-order valence-corrected chi connectivity index (χ3v) is 5.50. The average Bonchev–Trinajstić information content (AvgIpc) is 3.07. The summed E-state index contributed by atoms with van der Waals surface area (Å²) in [5, 5.41) is 0.697. The predicted octanol–water partition coefficient (Wildman–Crippen LogP) is 4.13. The van der Waals surface area contributed by atoms with E-state index in [9.17, 15) is 4.79 Å². The lowest BCUT2D eigenvalue weighted by Gasteiger charge is -2.23. The zero-order valence-corrected chi connectivity index (χ0v) is 17.3. The van der Waals surface area contributed by atoms with Crippen molar-refractivity contribution in [2.75, 3.05) is 39.2 Å². The van der Waals surface area contributed by atoms with Gasteiger partial charge >= 0.3 is 0 Å². The lowest BCUT2D eigenvalue weighted by Crippen LogP contribution is -2.37. The maximum atomic E-state index is 13.4. The number of methoxy groups -OCH3 is 1. The third kappa shape index (κ3) is 4.12. The fraction of sp³-hybridized carbons (Fsp3) is 0.333. The van der Waals surface area contributed by atoms with Crippen molar-refractivity contribution >= 4 is 32.6 Å². The molecular weight excluding hydrogens is 358 g/mol. The highest BCUT2D eigenvalue weighted by Crippen LogP contribution is 2.34. The summed E-state index contributed by atoms with van der Waals surface area (Å²) in [6, 6.07) is 11.8. The van der Waals surface area contributed by atoms with Crippen LogP contribution in [0.15, 0.2) is 36.4 Å². The predicted molar refractivity (Wildman–Crippen MR) is 112 cm³/mol. The summed E-state index contributed by atoms with van der Waals surface area (Å²) in [5.41, 5.74) is 3.56. The molecular formula is C21H25N3O2S. The summed E-state index contributed by atoms with van der Waals surface area (Å²) >= 11 is 1.52. The first-order valence-electron chi connectivity index (χ1n) is 8.88. The minimum atomic E-state index is -0.0175. The monoisotopic (exact) mass is 383 g/mol. The minimum Gasteiger partial charge on any atom is -0.494 e. The van der Waals surface area contributed by atoms with Gasteiger partial charge in [0.05, 0.1) is 11.8 Å². The molecule has 1 heterocycles. The van der Waals surface area contributed by atoms with Gasteiger partial charge in [0.1, 0.15) is 11.3 Å². The molecule has 1 amide bonds. The van der Waals surface area contributed by atoms with Crippen LogP contribution in [-0.2, 0) is 0 Å². The number of benzene rings is 2. The molecule has 0 unspecified atom stereocenters. The van der Waals surface area contributed by atoms with E-state index in [4.69, 9.17) is 9.72 Å². The summed E-state index contributed by atoms with van der Waals surface area (Å²) in [4.78, 5) is 22.0. The average molecular weight is 384 g/mol. The smallest absolute Gasteiger partial charge is 0.260 e. The number of para-hydroxylation sites is 1. The molecule has 3 rings (SSSR count). The second-order valence-electron chi connectivity index (χ2n) is 6.88. The zero-order valence-electron chi connectivity index (χ0n) is 16.4. The van der Waals surface area contributed by atoms with Gasteiger partial charge in [-0.15, -0.1) is 0 Å². The number of aryl methyl sites for hydroxylation is 2. The number of hydrogen-bond donors (Lipinski definition) is 0. The summed E-state index contributed by atoms with van der Waals surface area (Å²) in [6.07, 6.45) is 0. The molecule has 0 aliphatic rings. The standard InChI is InChI=1S/C21H25N3O2S/c1-14-9-10-15(2)16(13-14)20(25)24(12-11-23(3)4)21-22-19-17(26-5)7-6-8-18(19)27-21/h6-10,13H,11-12H2,1-5H3. The molecule has 0 radical (unpaired) electrons. The van der Waals surface area contributed by atoms with E-state index in [2.05, 4.69) is 4.90 Å². The van der Waals surface area contributed by atoms with Crippen LogP contribution < -0.4 is 9.64 Å². The summed E-state index contributed by atoms with van der Waals surface area (Å²) < 4.78 is 6.44. The van der Waals surface area contributed by atoms with Crippen LogP contribution in [0.5, 0.6) is 5.75 Å². The molecule has 27 heavy (non-hydrogen) atoms. The quantitative estimate of drug-likeness (QED) is 0.642. The van der Waals surface area contributed by atoms with E-state index in [1.54, 1.807) is 12.0 Å². The number of thiazole rings is 1. The number of amides is 1. The number of carbonyl (C=O) groups excluding carboxylic acids is 1. The molecule has 0 atom stereocenters. The molecule has 0 aliphatic heterocycles. The Morgan fingerprint density at radius 1 is 1.15 bits per heavy atom. The number of carbonyl (C=O) groups is 1. The van der Waals surface area contributed by atoms with Crippen molar-refractivity contribution in [3.8, 4) is 5.75 Å². The lowest BCUT2D eigenvalue weighted by molar-refractivity contribution is 0.0984. The minimum absolute atomic E-state index is 0.0175. The van der Waals surface area contributed by atoms with Crippen LogP contribution >= 0.6 is 11.3 Å². The molecule has 0 saturated carbocycles. The van der Waals surface area contributed by atoms with Gasteiger partial charge in [0.2, 0.25) is 0 Å². The van der Waals surface area contributed by atoms with Crippen LogP contribution in [0.3, 0.4) is 0 Å². The Balaban J connectivity index is 2.05. The fourth-order valence-corrected chi connectivity index (χ4v) is 3.89. The van der Waals surface area contributed by atoms with E-state index in [0.717, 1.165) is 39.2 Å². The van der Waals surface area contributed by atoms with Gasteiger partial charge in [0, 0.05) is 18.7 Å². The number of hydrogen-bond acceptors (Lipinski definition) is 5. The Morgan fingerprint density at radius 3 is 2.63 bits per heavy atom. The van der Waals surface area contributed by atoms with Gasteiger partial charge in [-0.3, -0.25) is 9.69 Å². The highest BCUT2D eigenvalue weighted by molar-refractivity contribution is 7.22. The highest BCUT2D eigenvalue weighted by Gasteiger charge is 2.23. The van der Waals surface area contributed by atoms with E-state index in [-0.39, 0.29) is 5.91 Å². The third-order valence-electron chi connectivity index (χ3n) is 4.46. The van der Waals surface area contributed by atoms with Gasteiger partial charge in [-0.2, -0.15) is 0 Å². The van der Waals surface area contributed by atoms with Crippen molar-refractivity contribution in [2.24, 2.45) is 0 Å². The van der Waals surface area contributed by atoms with E-state index in [1.807, 2.05) is 64.3 Å². The van der Waals surface area contributed by atoms with E-state index < -0.39 is 0 Å². The van der Waals surface area contributed by atoms with Gasteiger partial charge in [-0.25, -0.2) is 4.98 Å². The Hall–Kier alpha value is -2.44. The lowest BCUT2D eigenvalue weighted by atomic mass is 10.0. The number of rotatable bonds is 6. The normalized spacial score (nSPS) is 11.2. The van der Waals surface area contributed by atoms with Gasteiger partial charge in [-0.05, 0) is 51.7 Å². The summed E-state index contributed by atoms with van der Waals surface area (Å²) in [6.45, 7) is 5.30. The first kappa shape index (κ1) is 19.3. The van der Waals surface area contributed by atoms with E-state index in [0.29, 0.717) is 11.7 Å². The van der Waals surface area contributed by atoms with E-state index >= 15 is 0 Å². The van der Waals surface area contributed by atoms with Crippen LogP contribution in [0.2, 0.25) is 0 Å². The molecule has 142 valence electrons. The maximum absolute atomic E-state index is 13.4. The maximum Gasteiger partial charge on any atom is 0.260 e. The fourth-order valence-electron chi connectivity index (χ4n) is 2.89. The van der Waals surface area contributed by atoms with Crippen molar-refractivity contribution in [1.29, 1.82) is 0 Å². The van der Waals surface area contributed by atoms with Gasteiger partial charge < -0.3 is 9.64 Å². The second kappa shape index (κ2) is 8.06. The topological polar surface area (TPSA) is 45.7 Å². The Kier molecular flexibility index (Phi) is 5.77. The summed E-state index contributed by atoms with van der Waals surface area (Å²) in [7, 11) is 5.64. The van der Waals surface area contributed by atoms with Crippen LogP contribution in [0.25, 0.3) is 10.2 Å². The van der Waals surface area contributed by atoms with Crippen molar-refractivity contribution in [2.45, 2.75) is 13.8 Å². The Bertz CT molecular complexity index is 965. The molecule has 3 aromatic rings. The molecule has 2 aromatic carbocycles. The largest absolute Gasteiger partial charge is 0.494 e. The first-order chi connectivity index (χ1) is 12.9.